The van der Waals surface area contributed by atoms with Crippen LogP contribution in [0.1, 0.15) is 12.1 Å². The Morgan fingerprint density at radius 3 is 2.92 bits per heavy atom. The van der Waals surface area contributed by atoms with Crippen LogP contribution in [0.3, 0.4) is 0 Å². The Hall–Kier alpha value is -0.260. The molecule has 3 N–H and O–H groups in total. The first kappa shape index (κ1) is 9.83. The maximum absolute atomic E-state index is 8.57. The number of hydrogen-bond acceptors (Lipinski definition) is 5. The van der Waals surface area contributed by atoms with Crippen LogP contribution in [-0.4, -0.2) is 22.5 Å². The van der Waals surface area contributed by atoms with Gasteiger partial charge in [-0.1, -0.05) is 11.3 Å². The van der Waals surface area contributed by atoms with Gasteiger partial charge in [0.2, 0.25) is 0 Å². The van der Waals surface area contributed by atoms with Crippen molar-refractivity contribution in [3.8, 4) is 0 Å². The van der Waals surface area contributed by atoms with Crippen molar-refractivity contribution in [1.29, 1.82) is 0 Å². The zero-order chi connectivity index (χ0) is 8.97. The van der Waals surface area contributed by atoms with Crippen molar-refractivity contribution in [1.82, 2.24) is 4.98 Å². The van der Waals surface area contributed by atoms with E-state index in [2.05, 4.69) is 4.98 Å². The Morgan fingerprint density at radius 2 is 2.42 bits per heavy atom. The number of aromatic nitrogens is 1. The van der Waals surface area contributed by atoms with E-state index in [0.717, 1.165) is 17.9 Å². The van der Waals surface area contributed by atoms with E-state index in [1.54, 1.807) is 11.8 Å². The first-order chi connectivity index (χ1) is 5.74. The summed E-state index contributed by atoms with van der Waals surface area (Å²) in [5.74, 6) is 0.930. The molecule has 12 heavy (non-hydrogen) atoms. The van der Waals surface area contributed by atoms with Gasteiger partial charge in [-0.25, -0.2) is 4.98 Å². The number of rotatable bonds is 4. The number of nitrogens with two attached hydrogens (primary N) is 1. The van der Waals surface area contributed by atoms with Gasteiger partial charge in [0.25, 0.3) is 0 Å². The highest BCUT2D eigenvalue weighted by Crippen LogP contribution is 2.30. The number of aliphatic hydroxyl groups excluding tert-OH is 1. The van der Waals surface area contributed by atoms with Crippen LogP contribution in [0, 0.1) is 6.92 Å². The van der Waals surface area contributed by atoms with Crippen LogP contribution in [0.25, 0.3) is 0 Å². The van der Waals surface area contributed by atoms with Crippen molar-refractivity contribution in [3.63, 3.8) is 0 Å². The minimum atomic E-state index is 0.250. The number of nitrogens with zero attached hydrogens (tertiary/aromatic N) is 1. The zero-order valence-electron chi connectivity index (χ0n) is 6.91. The summed E-state index contributed by atoms with van der Waals surface area (Å²) in [5, 5.41) is 9.19. The van der Waals surface area contributed by atoms with Crippen LogP contribution in [0.15, 0.2) is 4.21 Å². The average molecular weight is 204 g/mol. The summed E-state index contributed by atoms with van der Waals surface area (Å²) in [4.78, 5) is 4.10. The van der Waals surface area contributed by atoms with Crippen molar-refractivity contribution < 1.29 is 5.11 Å². The number of thiazole rings is 1. The Bertz CT molecular complexity index is 250. The maximum atomic E-state index is 8.57. The molecule has 0 amide bonds. The molecule has 0 radical (unpaired) electrons. The Labute approximate surface area is 80.0 Å². The van der Waals surface area contributed by atoms with Crippen molar-refractivity contribution in [2.75, 3.05) is 18.1 Å². The van der Waals surface area contributed by atoms with Gasteiger partial charge in [0, 0.05) is 12.4 Å². The number of aliphatic hydroxyl groups is 1. The van der Waals surface area contributed by atoms with Gasteiger partial charge in [-0.05, 0) is 13.3 Å². The number of anilines is 1. The topological polar surface area (TPSA) is 59.1 Å². The molecule has 1 aromatic rings. The first-order valence-corrected chi connectivity index (χ1v) is 5.51. The second-order valence-corrected chi connectivity index (χ2v) is 4.74. The fourth-order valence-electron chi connectivity index (χ4n) is 0.766. The Morgan fingerprint density at radius 1 is 1.67 bits per heavy atom. The van der Waals surface area contributed by atoms with Crippen molar-refractivity contribution in [3.05, 3.63) is 5.69 Å². The molecule has 1 rings (SSSR count). The van der Waals surface area contributed by atoms with Gasteiger partial charge >= 0.3 is 0 Å². The van der Waals surface area contributed by atoms with Crippen LogP contribution in [-0.2, 0) is 0 Å². The zero-order valence-corrected chi connectivity index (χ0v) is 8.54. The van der Waals surface area contributed by atoms with Gasteiger partial charge in [-0.2, -0.15) is 0 Å². The molecule has 0 atom stereocenters. The molecular weight excluding hydrogens is 192 g/mol. The van der Waals surface area contributed by atoms with E-state index in [-0.39, 0.29) is 6.61 Å². The predicted octanol–water partition coefficient (Wildman–Crippen LogP) is 1.51. The first-order valence-electron chi connectivity index (χ1n) is 3.70. The van der Waals surface area contributed by atoms with Crippen LogP contribution >= 0.6 is 23.1 Å². The van der Waals surface area contributed by atoms with E-state index >= 15 is 0 Å². The molecule has 1 aromatic heterocycles. The molecule has 0 spiro atoms. The summed E-state index contributed by atoms with van der Waals surface area (Å²) < 4.78 is 1.17. The van der Waals surface area contributed by atoms with E-state index in [1.165, 1.54) is 15.5 Å². The summed E-state index contributed by atoms with van der Waals surface area (Å²) in [7, 11) is 0. The highest BCUT2D eigenvalue weighted by atomic mass is 32.2. The molecule has 1 heterocycles. The largest absolute Gasteiger partial charge is 0.396 e. The van der Waals surface area contributed by atoms with E-state index in [9.17, 15) is 0 Å². The monoisotopic (exact) mass is 204 g/mol. The standard InChI is InChI=1S/C7H12N2OS2/c1-5-6(11-4-2-3-10)12-7(8)9-5/h10H,2-4H2,1H3,(H2,8,9). The summed E-state index contributed by atoms with van der Waals surface area (Å²) >= 11 is 3.22. The highest BCUT2D eigenvalue weighted by molar-refractivity contribution is 8.01. The van der Waals surface area contributed by atoms with Crippen molar-refractivity contribution >= 4 is 28.2 Å². The van der Waals surface area contributed by atoms with Crippen LogP contribution in [0.2, 0.25) is 0 Å². The second-order valence-electron chi connectivity index (χ2n) is 2.35. The minimum absolute atomic E-state index is 0.250. The summed E-state index contributed by atoms with van der Waals surface area (Å²) in [6.45, 7) is 2.20. The molecule has 0 aliphatic carbocycles. The normalized spacial score (nSPS) is 10.5. The van der Waals surface area contributed by atoms with Gasteiger partial charge in [-0.3, -0.25) is 0 Å². The lowest BCUT2D eigenvalue weighted by atomic mass is 10.5. The average Bonchev–Trinajstić information content (AvgIpc) is 2.31. The molecule has 0 saturated carbocycles. The van der Waals surface area contributed by atoms with Gasteiger partial charge in [0.05, 0.1) is 9.90 Å². The van der Waals surface area contributed by atoms with Gasteiger partial charge in [-0.15, -0.1) is 11.8 Å². The lowest BCUT2D eigenvalue weighted by Gasteiger charge is -1.95. The fourth-order valence-corrected chi connectivity index (χ4v) is 2.79. The van der Waals surface area contributed by atoms with Gasteiger partial charge in [0.1, 0.15) is 0 Å². The molecule has 0 saturated heterocycles. The fraction of sp³-hybridized carbons (Fsp3) is 0.571. The van der Waals surface area contributed by atoms with Crippen LogP contribution in [0.4, 0.5) is 5.13 Å². The third kappa shape index (κ3) is 2.66. The SMILES string of the molecule is Cc1nc(N)sc1SCCCO. The third-order valence-electron chi connectivity index (χ3n) is 1.31. The summed E-state index contributed by atoms with van der Waals surface area (Å²) in [6.07, 6.45) is 0.821. The molecule has 0 aromatic carbocycles. The van der Waals surface area contributed by atoms with Crippen LogP contribution < -0.4 is 5.73 Å². The lowest BCUT2D eigenvalue weighted by Crippen LogP contribution is -1.85. The second kappa shape index (κ2) is 4.69. The van der Waals surface area contributed by atoms with E-state index in [0.29, 0.717) is 5.13 Å². The summed E-state index contributed by atoms with van der Waals surface area (Å²) in [6, 6.07) is 0. The highest BCUT2D eigenvalue weighted by Gasteiger charge is 2.04. The van der Waals surface area contributed by atoms with Crippen molar-refractivity contribution in [2.45, 2.75) is 17.6 Å². The lowest BCUT2D eigenvalue weighted by molar-refractivity contribution is 0.296. The maximum Gasteiger partial charge on any atom is 0.181 e. The van der Waals surface area contributed by atoms with Crippen LogP contribution in [0.5, 0.6) is 0 Å². The number of hydrogen-bond donors (Lipinski definition) is 2. The predicted molar refractivity (Wildman–Crippen MR) is 53.7 cm³/mol. The molecule has 68 valence electrons. The molecule has 0 fully saturated rings. The van der Waals surface area contributed by atoms with Gasteiger partial charge < -0.3 is 10.8 Å². The molecule has 0 unspecified atom stereocenters. The number of aryl methyl sites for hydroxylation is 1. The number of thioether (sulfide) groups is 1. The molecule has 5 heteroatoms. The minimum Gasteiger partial charge on any atom is -0.396 e. The smallest absolute Gasteiger partial charge is 0.181 e. The molecule has 0 aliphatic heterocycles. The molecule has 3 nitrogen and oxygen atoms in total. The Kier molecular flexibility index (Phi) is 3.84. The van der Waals surface area contributed by atoms with E-state index < -0.39 is 0 Å². The number of nitrogen functional groups attached to an aromatic ring is 1. The third-order valence-corrected chi connectivity index (χ3v) is 3.74. The molecule has 0 bridgehead atoms. The molecule has 0 aliphatic rings. The Balaban J connectivity index is 2.45. The quantitative estimate of drug-likeness (QED) is 0.576. The summed E-state index contributed by atoms with van der Waals surface area (Å²) in [5.41, 5.74) is 6.53. The molecular formula is C7H12N2OS2. The van der Waals surface area contributed by atoms with E-state index in [4.69, 9.17) is 10.8 Å². The van der Waals surface area contributed by atoms with Gasteiger partial charge in [0.15, 0.2) is 5.13 Å². The van der Waals surface area contributed by atoms with E-state index in [1.807, 2.05) is 6.92 Å². The van der Waals surface area contributed by atoms with Crippen molar-refractivity contribution in [2.24, 2.45) is 0 Å².